The number of carbonyl (C=O) groups excluding carboxylic acids is 1. The number of hydrogen-bond donors (Lipinski definition) is 1. The smallest absolute Gasteiger partial charge is 0.395 e. The molecule has 1 N–H and O–H groups in total. The third-order valence-corrected chi connectivity index (χ3v) is 2.10. The zero-order valence-electron chi connectivity index (χ0n) is 10.6. The molecule has 2 aromatic rings. The predicted octanol–water partition coefficient (Wildman–Crippen LogP) is 1.72. The molecule has 0 fully saturated rings. The number of nitrogens with zero attached hydrogens (tertiary/aromatic N) is 3. The fraction of sp³-hybridized carbons (Fsp3) is 0. The highest BCUT2D eigenvalue weighted by Gasteiger charge is 2.19. The van der Waals surface area contributed by atoms with E-state index in [0.29, 0.717) is 5.69 Å². The summed E-state index contributed by atoms with van der Waals surface area (Å²) < 4.78 is 0. The van der Waals surface area contributed by atoms with Crippen LogP contribution in [-0.2, 0) is 9.59 Å². The molecule has 0 radical (unpaired) electrons. The van der Waals surface area contributed by atoms with E-state index in [9.17, 15) is 9.59 Å². The number of aromatic nitrogens is 2. The van der Waals surface area contributed by atoms with Crippen molar-refractivity contribution in [2.45, 2.75) is 0 Å². The molecule has 0 saturated heterocycles. The Hall–Kier alpha value is -3.02. The van der Waals surface area contributed by atoms with Gasteiger partial charge < -0.3 is 5.11 Å². The van der Waals surface area contributed by atoms with E-state index in [1.165, 1.54) is 6.20 Å². The molecule has 1 aromatic carbocycles. The molecule has 0 aliphatic carbocycles. The van der Waals surface area contributed by atoms with Gasteiger partial charge in [-0.1, -0.05) is 24.8 Å². The Morgan fingerprint density at radius 1 is 1.05 bits per heavy atom. The number of carboxylic acid groups (broad SMARTS) is 1. The summed E-state index contributed by atoms with van der Waals surface area (Å²) in [6.07, 6.45) is 7.73. The number of carboxylic acids is 1. The molecule has 0 aliphatic heterocycles. The fourth-order valence-electron chi connectivity index (χ4n) is 1.25. The highest BCUT2D eigenvalue weighted by molar-refractivity contribution is 6.37. The second kappa shape index (κ2) is 8.15. The van der Waals surface area contributed by atoms with Crippen molar-refractivity contribution in [1.29, 1.82) is 0 Å². The number of aliphatic carboxylic acids is 1. The monoisotopic (exact) mass is 271 g/mol. The zero-order valence-corrected chi connectivity index (χ0v) is 10.6. The van der Waals surface area contributed by atoms with Crippen molar-refractivity contribution < 1.29 is 14.7 Å². The number of benzene rings is 1. The maximum atomic E-state index is 11.1. The lowest BCUT2D eigenvalue weighted by molar-refractivity contribution is -0.148. The van der Waals surface area contributed by atoms with E-state index in [1.807, 2.05) is 0 Å². The Morgan fingerprint density at radius 2 is 1.55 bits per heavy atom. The summed E-state index contributed by atoms with van der Waals surface area (Å²) in [7, 11) is 0. The van der Waals surface area contributed by atoms with Crippen molar-refractivity contribution in [2.24, 2.45) is 0 Å². The van der Waals surface area contributed by atoms with Crippen LogP contribution in [0, 0.1) is 0 Å². The van der Waals surface area contributed by atoms with E-state index in [4.69, 9.17) is 5.11 Å². The Kier molecular flexibility index (Phi) is 6.13. The molecule has 20 heavy (non-hydrogen) atoms. The van der Waals surface area contributed by atoms with Crippen LogP contribution in [0.15, 0.2) is 67.9 Å². The molecule has 102 valence electrons. The SMILES string of the molecule is C=CN(C(=O)C(=O)O)c1ccccc1.c1cnccn1. The van der Waals surface area contributed by atoms with Crippen LogP contribution < -0.4 is 4.90 Å². The van der Waals surface area contributed by atoms with Gasteiger partial charge in [0.15, 0.2) is 0 Å². The van der Waals surface area contributed by atoms with Gasteiger partial charge in [-0.2, -0.15) is 0 Å². The van der Waals surface area contributed by atoms with Crippen molar-refractivity contribution in [3.05, 3.63) is 67.9 Å². The first-order chi connectivity index (χ1) is 9.66. The minimum atomic E-state index is -1.51. The second-order valence-corrected chi connectivity index (χ2v) is 3.39. The number of para-hydroxylation sites is 1. The van der Waals surface area contributed by atoms with E-state index >= 15 is 0 Å². The molecule has 0 saturated carbocycles. The third-order valence-electron chi connectivity index (χ3n) is 2.10. The first-order valence-corrected chi connectivity index (χ1v) is 5.61. The first kappa shape index (κ1) is 15.0. The van der Waals surface area contributed by atoms with Crippen molar-refractivity contribution in [2.75, 3.05) is 4.90 Å². The number of rotatable bonds is 2. The third kappa shape index (κ3) is 4.69. The zero-order chi connectivity index (χ0) is 14.8. The summed E-state index contributed by atoms with van der Waals surface area (Å²) in [5.74, 6) is -2.53. The summed E-state index contributed by atoms with van der Waals surface area (Å²) in [6.45, 7) is 3.38. The summed E-state index contributed by atoms with van der Waals surface area (Å²) in [6, 6.07) is 8.45. The summed E-state index contributed by atoms with van der Waals surface area (Å²) >= 11 is 0. The molecular weight excluding hydrogens is 258 g/mol. The number of carbonyl (C=O) groups is 2. The second-order valence-electron chi connectivity index (χ2n) is 3.39. The summed E-state index contributed by atoms with van der Waals surface area (Å²) in [5, 5.41) is 8.51. The lowest BCUT2D eigenvalue weighted by atomic mass is 10.3. The van der Waals surface area contributed by atoms with Crippen LogP contribution in [0.25, 0.3) is 0 Å². The van der Waals surface area contributed by atoms with Gasteiger partial charge in [-0.25, -0.2) is 4.79 Å². The number of anilines is 1. The normalized spacial score (nSPS) is 8.80. The largest absolute Gasteiger partial charge is 0.474 e. The average molecular weight is 271 g/mol. The van der Waals surface area contributed by atoms with Crippen molar-refractivity contribution in [3.63, 3.8) is 0 Å². The molecule has 1 heterocycles. The first-order valence-electron chi connectivity index (χ1n) is 5.61. The standard InChI is InChI=1S/C10H9NO3.C4H4N2/c1-2-11(9(12)10(13)14)8-6-4-3-5-7-8;1-2-6-4-3-5-1/h2-7H,1H2,(H,13,14);1-4H. The van der Waals surface area contributed by atoms with Gasteiger partial charge in [0.05, 0.1) is 0 Å². The molecule has 6 nitrogen and oxygen atoms in total. The summed E-state index contributed by atoms with van der Waals surface area (Å²) in [5.41, 5.74) is 0.481. The maximum Gasteiger partial charge on any atom is 0.395 e. The minimum absolute atomic E-state index is 0.481. The van der Waals surface area contributed by atoms with E-state index in [0.717, 1.165) is 4.90 Å². The molecule has 0 bridgehead atoms. The molecule has 1 amide bonds. The van der Waals surface area contributed by atoms with Crippen LogP contribution in [0.5, 0.6) is 0 Å². The van der Waals surface area contributed by atoms with Gasteiger partial charge in [0, 0.05) is 36.7 Å². The predicted molar refractivity (Wildman–Crippen MR) is 73.8 cm³/mol. The highest BCUT2D eigenvalue weighted by Crippen LogP contribution is 2.13. The van der Waals surface area contributed by atoms with Gasteiger partial charge in [0.2, 0.25) is 0 Å². The quantitative estimate of drug-likeness (QED) is 0.841. The van der Waals surface area contributed by atoms with Gasteiger partial charge in [-0.15, -0.1) is 0 Å². The topological polar surface area (TPSA) is 83.4 Å². The van der Waals surface area contributed by atoms with Crippen molar-refractivity contribution in [3.8, 4) is 0 Å². The molecule has 0 spiro atoms. The number of hydrogen-bond acceptors (Lipinski definition) is 4. The Labute approximate surface area is 116 Å². The summed E-state index contributed by atoms with van der Waals surface area (Å²) in [4.78, 5) is 30.0. The Bertz CT molecular complexity index is 532. The van der Waals surface area contributed by atoms with Gasteiger partial charge >= 0.3 is 11.9 Å². The molecular formula is C14H13N3O3. The van der Waals surface area contributed by atoms with Gasteiger partial charge in [-0.3, -0.25) is 19.7 Å². The molecule has 6 heteroatoms. The maximum absolute atomic E-state index is 11.1. The van der Waals surface area contributed by atoms with E-state index in [-0.39, 0.29) is 0 Å². The van der Waals surface area contributed by atoms with E-state index < -0.39 is 11.9 Å². The molecule has 2 rings (SSSR count). The van der Waals surface area contributed by atoms with Crippen LogP contribution in [0.2, 0.25) is 0 Å². The van der Waals surface area contributed by atoms with E-state index in [2.05, 4.69) is 16.5 Å². The van der Waals surface area contributed by atoms with Crippen LogP contribution >= 0.6 is 0 Å². The van der Waals surface area contributed by atoms with Gasteiger partial charge in [0.25, 0.3) is 0 Å². The average Bonchev–Trinajstić information content (AvgIpc) is 2.51. The lowest BCUT2D eigenvalue weighted by Crippen LogP contribution is -2.31. The van der Waals surface area contributed by atoms with Crippen LogP contribution in [0.3, 0.4) is 0 Å². The Morgan fingerprint density at radius 3 is 1.90 bits per heavy atom. The minimum Gasteiger partial charge on any atom is -0.474 e. The molecule has 1 aromatic heterocycles. The van der Waals surface area contributed by atoms with Gasteiger partial charge in [-0.05, 0) is 12.1 Å². The van der Waals surface area contributed by atoms with E-state index in [1.54, 1.807) is 55.1 Å². The van der Waals surface area contributed by atoms with Crippen molar-refractivity contribution in [1.82, 2.24) is 9.97 Å². The number of amides is 1. The highest BCUT2D eigenvalue weighted by atomic mass is 16.4. The van der Waals surface area contributed by atoms with Crippen LogP contribution in [-0.4, -0.2) is 27.0 Å². The lowest BCUT2D eigenvalue weighted by Gasteiger charge is -2.14. The van der Waals surface area contributed by atoms with Crippen LogP contribution in [0.1, 0.15) is 0 Å². The fourth-order valence-corrected chi connectivity index (χ4v) is 1.25. The molecule has 0 aliphatic rings. The van der Waals surface area contributed by atoms with Crippen LogP contribution in [0.4, 0.5) is 5.69 Å². The molecule has 0 atom stereocenters. The Balaban J connectivity index is 0.000000276. The molecule has 0 unspecified atom stereocenters. The van der Waals surface area contributed by atoms with Crippen molar-refractivity contribution >= 4 is 17.6 Å². The van der Waals surface area contributed by atoms with Gasteiger partial charge in [0.1, 0.15) is 0 Å².